The number of thioether (sulfide) groups is 1. The molecule has 0 aromatic carbocycles. The van der Waals surface area contributed by atoms with Gasteiger partial charge in [-0.1, -0.05) is 16.8 Å². The molecule has 0 saturated carbocycles. The lowest BCUT2D eigenvalue weighted by Crippen LogP contribution is -2.54. The average molecular weight is 340 g/mol. The maximum Gasteiger partial charge on any atom is 0.226 e. The third-order valence-electron chi connectivity index (χ3n) is 2.96. The summed E-state index contributed by atoms with van der Waals surface area (Å²) in [7, 11) is 17.2. The Hall–Kier alpha value is -1.34. The molecule has 10 heteroatoms. The van der Waals surface area contributed by atoms with Gasteiger partial charge in [0.2, 0.25) is 5.91 Å². The van der Waals surface area contributed by atoms with Crippen LogP contribution in [0.4, 0.5) is 5.69 Å². The van der Waals surface area contributed by atoms with Gasteiger partial charge in [0, 0.05) is 18.4 Å². The van der Waals surface area contributed by atoms with Gasteiger partial charge in [-0.05, 0) is 18.4 Å². The van der Waals surface area contributed by atoms with Gasteiger partial charge in [-0.3, -0.25) is 9.78 Å². The first-order chi connectivity index (χ1) is 10.8. The van der Waals surface area contributed by atoms with Gasteiger partial charge in [-0.15, -0.1) is 0 Å². The van der Waals surface area contributed by atoms with Crippen molar-refractivity contribution in [3.05, 3.63) is 35.9 Å². The monoisotopic (exact) mass is 340 g/mol. The Morgan fingerprint density at radius 1 is 1.48 bits per heavy atom. The minimum Gasteiger partial charge on any atom is -0.328 e. The Morgan fingerprint density at radius 3 is 2.78 bits per heavy atom. The zero-order chi connectivity index (χ0) is 17.0. The molecular formula is C13H12B3ClN4OS. The van der Waals surface area contributed by atoms with E-state index in [0.717, 1.165) is 4.90 Å². The highest BCUT2D eigenvalue weighted by atomic mass is 35.5. The van der Waals surface area contributed by atoms with Crippen LogP contribution in [0.3, 0.4) is 0 Å². The third kappa shape index (κ3) is 4.35. The van der Waals surface area contributed by atoms with E-state index in [1.165, 1.54) is 22.6 Å². The van der Waals surface area contributed by atoms with Gasteiger partial charge in [0.05, 0.1) is 41.6 Å². The molecule has 2 heterocycles. The van der Waals surface area contributed by atoms with Crippen LogP contribution in [-0.2, 0) is 4.79 Å². The zero-order valence-electron chi connectivity index (χ0n) is 12.5. The largest absolute Gasteiger partial charge is 0.328 e. The second kappa shape index (κ2) is 7.49. The van der Waals surface area contributed by atoms with Crippen LogP contribution in [0.2, 0.25) is 5.15 Å². The summed E-state index contributed by atoms with van der Waals surface area (Å²) in [5.74, 6) is 0.277. The molecule has 0 N–H and O–H groups in total. The number of hydrogen-bond donors (Lipinski definition) is 0. The standard InChI is InChI=1S/C13H12B3ClN4OS/c1-23-6-4-11(22)21(13(14,15)16)10-8-20(19-12(10)17)9-3-2-5-18-7-9/h2-3,5,7-8H,4,6H2,1H3. The van der Waals surface area contributed by atoms with Crippen molar-refractivity contribution in [3.63, 3.8) is 0 Å². The number of halogens is 1. The van der Waals surface area contributed by atoms with E-state index < -0.39 is 5.24 Å². The molecule has 0 saturated heterocycles. The first kappa shape index (κ1) is 18.0. The van der Waals surface area contributed by atoms with Crippen LogP contribution in [0.15, 0.2) is 30.7 Å². The third-order valence-corrected chi connectivity index (χ3v) is 3.84. The van der Waals surface area contributed by atoms with E-state index >= 15 is 0 Å². The van der Waals surface area contributed by atoms with Crippen molar-refractivity contribution < 1.29 is 4.79 Å². The SMILES string of the molecule is [B]C([B])([B])N(C(=O)CCSC)c1cn(-c2cccnc2)nc1Cl. The molecule has 6 radical (unpaired) electrons. The molecule has 23 heavy (non-hydrogen) atoms. The van der Waals surface area contributed by atoms with Crippen molar-refractivity contribution in [1.29, 1.82) is 0 Å². The Balaban J connectivity index is 2.40. The van der Waals surface area contributed by atoms with E-state index in [4.69, 9.17) is 35.1 Å². The number of amides is 1. The topological polar surface area (TPSA) is 51.0 Å². The molecule has 0 aliphatic heterocycles. The van der Waals surface area contributed by atoms with Crippen LogP contribution in [0, 0.1) is 0 Å². The predicted octanol–water partition coefficient (Wildman–Crippen LogP) is 1.12. The van der Waals surface area contributed by atoms with Crippen molar-refractivity contribution >= 4 is 58.5 Å². The van der Waals surface area contributed by atoms with Crippen LogP contribution in [0.5, 0.6) is 0 Å². The molecular weight excluding hydrogens is 328 g/mol. The first-order valence-electron chi connectivity index (χ1n) is 6.68. The van der Waals surface area contributed by atoms with Crippen LogP contribution < -0.4 is 4.90 Å². The molecule has 0 aliphatic rings. The number of carbonyl (C=O) groups is 1. The van der Waals surface area contributed by atoms with Gasteiger partial charge < -0.3 is 4.90 Å². The molecule has 0 fully saturated rings. The van der Waals surface area contributed by atoms with Gasteiger partial charge in [0.25, 0.3) is 0 Å². The molecule has 0 aliphatic carbocycles. The maximum atomic E-state index is 12.4. The number of aromatic nitrogens is 3. The van der Waals surface area contributed by atoms with Crippen molar-refractivity contribution in [3.8, 4) is 5.69 Å². The number of nitrogens with zero attached hydrogens (tertiary/aromatic N) is 4. The zero-order valence-corrected chi connectivity index (χ0v) is 14.1. The first-order valence-corrected chi connectivity index (χ1v) is 8.46. The van der Waals surface area contributed by atoms with Crippen LogP contribution >= 0.6 is 23.4 Å². The lowest BCUT2D eigenvalue weighted by Gasteiger charge is -2.36. The fourth-order valence-electron chi connectivity index (χ4n) is 1.98. The van der Waals surface area contributed by atoms with Crippen molar-refractivity contribution in [2.24, 2.45) is 0 Å². The highest BCUT2D eigenvalue weighted by molar-refractivity contribution is 7.98. The Labute approximate surface area is 148 Å². The number of rotatable bonds is 6. The van der Waals surface area contributed by atoms with Gasteiger partial charge in [0.15, 0.2) is 5.15 Å². The van der Waals surface area contributed by atoms with E-state index in [2.05, 4.69) is 10.1 Å². The molecule has 2 rings (SSSR count). The molecule has 0 unspecified atom stereocenters. The minimum absolute atomic E-state index is 0.0667. The Kier molecular flexibility index (Phi) is 5.86. The highest BCUT2D eigenvalue weighted by Gasteiger charge is 2.29. The Bertz CT molecular complexity index is 678. The molecule has 0 bridgehead atoms. The van der Waals surface area contributed by atoms with E-state index in [1.54, 1.807) is 24.5 Å². The lowest BCUT2D eigenvalue weighted by atomic mass is 9.48. The molecule has 112 valence electrons. The smallest absolute Gasteiger partial charge is 0.226 e. The number of hydrogen-bond acceptors (Lipinski definition) is 4. The number of pyridine rings is 1. The summed E-state index contributed by atoms with van der Waals surface area (Å²) in [6.07, 6.45) is 6.90. The van der Waals surface area contributed by atoms with Crippen LogP contribution in [0.1, 0.15) is 6.42 Å². The minimum atomic E-state index is -1.89. The Morgan fingerprint density at radius 2 is 2.22 bits per heavy atom. The second-order valence-corrected chi connectivity index (χ2v) is 6.16. The van der Waals surface area contributed by atoms with Crippen LogP contribution in [-0.4, -0.2) is 61.5 Å². The second-order valence-electron chi connectivity index (χ2n) is 4.82. The van der Waals surface area contributed by atoms with Crippen molar-refractivity contribution in [2.45, 2.75) is 11.7 Å². The molecule has 0 atom stereocenters. The van der Waals surface area contributed by atoms with Gasteiger partial charge in [-0.2, -0.15) is 16.9 Å². The summed E-state index contributed by atoms with van der Waals surface area (Å²) in [5, 5.41) is 2.33. The summed E-state index contributed by atoms with van der Waals surface area (Å²) in [5.41, 5.74) is 0.919. The molecule has 1 amide bonds. The molecule has 0 spiro atoms. The lowest BCUT2D eigenvalue weighted by molar-refractivity contribution is -0.118. The van der Waals surface area contributed by atoms with E-state index in [9.17, 15) is 4.79 Å². The summed E-state index contributed by atoms with van der Waals surface area (Å²) in [6, 6.07) is 3.55. The highest BCUT2D eigenvalue weighted by Crippen LogP contribution is 2.29. The summed E-state index contributed by atoms with van der Waals surface area (Å²) in [6.45, 7) is 0. The van der Waals surface area contributed by atoms with E-state index in [0.29, 0.717) is 11.4 Å². The van der Waals surface area contributed by atoms with Crippen molar-refractivity contribution in [2.75, 3.05) is 16.9 Å². The summed E-state index contributed by atoms with van der Waals surface area (Å²) in [4.78, 5) is 17.5. The van der Waals surface area contributed by atoms with Gasteiger partial charge >= 0.3 is 0 Å². The molecule has 5 nitrogen and oxygen atoms in total. The molecule has 2 aromatic heterocycles. The fourth-order valence-corrected chi connectivity index (χ4v) is 2.57. The number of anilines is 1. The average Bonchev–Trinajstić information content (AvgIpc) is 2.86. The summed E-state index contributed by atoms with van der Waals surface area (Å²) < 4.78 is 1.48. The molecule has 2 aromatic rings. The van der Waals surface area contributed by atoms with Crippen molar-refractivity contribution in [1.82, 2.24) is 14.8 Å². The summed E-state index contributed by atoms with van der Waals surface area (Å²) >= 11 is 7.68. The predicted molar refractivity (Wildman–Crippen MR) is 96.8 cm³/mol. The van der Waals surface area contributed by atoms with E-state index in [-0.39, 0.29) is 23.2 Å². The van der Waals surface area contributed by atoms with Crippen LogP contribution in [0.25, 0.3) is 5.69 Å². The fraction of sp³-hybridized carbons (Fsp3) is 0.308. The maximum absolute atomic E-state index is 12.4. The quantitative estimate of drug-likeness (QED) is 0.740. The van der Waals surface area contributed by atoms with Gasteiger partial charge in [0.1, 0.15) is 5.69 Å². The van der Waals surface area contributed by atoms with Gasteiger partial charge in [-0.25, -0.2) is 4.68 Å². The number of carbonyl (C=O) groups excluding carboxylic acids is 1. The van der Waals surface area contributed by atoms with E-state index in [1.807, 2.05) is 6.26 Å². The normalized spacial score (nSPS) is 11.4.